The Hall–Kier alpha value is -2.56. The van der Waals surface area contributed by atoms with Crippen LogP contribution in [0.3, 0.4) is 0 Å². The summed E-state index contributed by atoms with van der Waals surface area (Å²) in [7, 11) is 1.84. The Kier molecular flexibility index (Phi) is 5.36. The molecule has 2 aromatic rings. The molecule has 0 unspecified atom stereocenters. The third kappa shape index (κ3) is 3.97. The van der Waals surface area contributed by atoms with Gasteiger partial charge in [-0.1, -0.05) is 43.3 Å². The first-order chi connectivity index (χ1) is 10.6. The lowest BCUT2D eigenvalue weighted by Gasteiger charge is -2.20. The molecule has 0 atom stereocenters. The summed E-state index contributed by atoms with van der Waals surface area (Å²) in [5.74, 6) is -0.330. The zero-order chi connectivity index (χ0) is 15.9. The lowest BCUT2D eigenvalue weighted by molar-refractivity contribution is -0.118. The van der Waals surface area contributed by atoms with Crippen LogP contribution in [0.4, 0.5) is 10.5 Å². The lowest BCUT2D eigenvalue weighted by Crippen LogP contribution is -2.44. The Balaban J connectivity index is 2.03. The number of likely N-dealkylation sites (N-methyl/N-ethyl adjacent to an activating group) is 1. The van der Waals surface area contributed by atoms with Crippen LogP contribution >= 0.6 is 0 Å². The van der Waals surface area contributed by atoms with Gasteiger partial charge in [0.2, 0.25) is 5.91 Å². The van der Waals surface area contributed by atoms with E-state index in [1.54, 1.807) is 0 Å². The summed E-state index contributed by atoms with van der Waals surface area (Å²) in [6.07, 6.45) is 0.831. The molecule has 0 fully saturated rings. The third-order valence-corrected chi connectivity index (χ3v) is 3.35. The van der Waals surface area contributed by atoms with Crippen molar-refractivity contribution in [2.75, 3.05) is 25.0 Å². The Bertz CT molecular complexity index is 665. The van der Waals surface area contributed by atoms with Gasteiger partial charge >= 0.3 is 6.03 Å². The fourth-order valence-electron chi connectivity index (χ4n) is 2.29. The predicted octanol–water partition coefficient (Wildman–Crippen LogP) is 2.51. The van der Waals surface area contributed by atoms with Gasteiger partial charge in [-0.2, -0.15) is 0 Å². The molecule has 5 heteroatoms. The number of nitrogens with zero attached hydrogens (tertiary/aromatic N) is 1. The second-order valence-electron chi connectivity index (χ2n) is 5.16. The number of imide groups is 1. The zero-order valence-corrected chi connectivity index (χ0v) is 12.9. The maximum Gasteiger partial charge on any atom is 0.321 e. The number of hydrogen-bond donors (Lipinski definition) is 2. The molecule has 5 nitrogen and oxygen atoms in total. The molecule has 0 aliphatic carbocycles. The second-order valence-corrected chi connectivity index (χ2v) is 5.16. The van der Waals surface area contributed by atoms with Crippen molar-refractivity contribution in [1.82, 2.24) is 10.6 Å². The molecule has 22 heavy (non-hydrogen) atoms. The monoisotopic (exact) mass is 299 g/mol. The van der Waals surface area contributed by atoms with Gasteiger partial charge in [-0.15, -0.1) is 0 Å². The lowest BCUT2D eigenvalue weighted by atomic mass is 10.1. The molecule has 2 N–H and O–H groups in total. The minimum absolute atomic E-state index is 0.119. The topological polar surface area (TPSA) is 61.4 Å². The van der Waals surface area contributed by atoms with E-state index < -0.39 is 6.03 Å². The van der Waals surface area contributed by atoms with Crippen molar-refractivity contribution in [1.29, 1.82) is 0 Å². The average molecular weight is 299 g/mol. The van der Waals surface area contributed by atoms with Gasteiger partial charge in [0.15, 0.2) is 0 Å². The quantitative estimate of drug-likeness (QED) is 0.892. The third-order valence-electron chi connectivity index (χ3n) is 3.35. The minimum atomic E-state index is -0.446. The standard InChI is InChI=1S/C17H21N3O2/c1-3-11-18-17(22)19-16(21)12-20(2)15-10-6-8-13-7-4-5-9-14(13)15/h4-10H,3,11-12H2,1-2H3,(H2,18,19,21,22). The van der Waals surface area contributed by atoms with Crippen molar-refractivity contribution in [3.63, 3.8) is 0 Å². The summed E-state index contributed by atoms with van der Waals surface area (Å²) in [5, 5.41) is 7.15. The number of carbonyl (C=O) groups is 2. The minimum Gasteiger partial charge on any atom is -0.365 e. The van der Waals surface area contributed by atoms with E-state index in [9.17, 15) is 9.59 Å². The van der Waals surface area contributed by atoms with Gasteiger partial charge in [0, 0.05) is 24.7 Å². The molecule has 0 spiro atoms. The maximum atomic E-state index is 11.9. The van der Waals surface area contributed by atoms with Gasteiger partial charge in [-0.25, -0.2) is 4.79 Å². The summed E-state index contributed by atoms with van der Waals surface area (Å²) in [4.78, 5) is 25.2. The van der Waals surface area contributed by atoms with Crippen molar-refractivity contribution in [3.05, 3.63) is 42.5 Å². The van der Waals surface area contributed by atoms with E-state index >= 15 is 0 Å². The first-order valence-electron chi connectivity index (χ1n) is 7.38. The summed E-state index contributed by atoms with van der Waals surface area (Å²) in [6.45, 7) is 2.63. The van der Waals surface area contributed by atoms with Crippen LogP contribution in [0.15, 0.2) is 42.5 Å². The van der Waals surface area contributed by atoms with Crippen LogP contribution in [0, 0.1) is 0 Å². The van der Waals surface area contributed by atoms with Gasteiger partial charge in [0.1, 0.15) is 0 Å². The fourth-order valence-corrected chi connectivity index (χ4v) is 2.29. The molecule has 0 radical (unpaired) electrons. The molecular formula is C17H21N3O2. The van der Waals surface area contributed by atoms with Gasteiger partial charge in [0.25, 0.3) is 0 Å². The van der Waals surface area contributed by atoms with Crippen LogP contribution in [-0.2, 0) is 4.79 Å². The Morgan fingerprint density at radius 3 is 2.59 bits per heavy atom. The van der Waals surface area contributed by atoms with Crippen molar-refractivity contribution in [2.45, 2.75) is 13.3 Å². The molecule has 0 bridgehead atoms. The van der Waals surface area contributed by atoms with E-state index in [1.165, 1.54) is 0 Å². The number of fused-ring (bicyclic) bond motifs is 1. The molecule has 2 rings (SSSR count). The second kappa shape index (κ2) is 7.45. The first-order valence-corrected chi connectivity index (χ1v) is 7.38. The summed E-state index contributed by atoms with van der Waals surface area (Å²) < 4.78 is 0. The van der Waals surface area contributed by atoms with E-state index in [1.807, 2.05) is 61.3 Å². The molecule has 2 aromatic carbocycles. The molecule has 0 saturated heterocycles. The number of carbonyl (C=O) groups excluding carboxylic acids is 2. The Morgan fingerprint density at radius 2 is 1.82 bits per heavy atom. The van der Waals surface area contributed by atoms with Gasteiger partial charge in [-0.05, 0) is 17.9 Å². The molecule has 0 aromatic heterocycles. The van der Waals surface area contributed by atoms with Crippen molar-refractivity contribution in [2.24, 2.45) is 0 Å². The van der Waals surface area contributed by atoms with Crippen LogP contribution in [-0.4, -0.2) is 32.1 Å². The Labute approximate surface area is 130 Å². The smallest absolute Gasteiger partial charge is 0.321 e. The van der Waals surface area contributed by atoms with Crippen molar-refractivity contribution < 1.29 is 9.59 Å². The summed E-state index contributed by atoms with van der Waals surface area (Å²) >= 11 is 0. The zero-order valence-electron chi connectivity index (χ0n) is 12.9. The van der Waals surface area contributed by atoms with Crippen LogP contribution in [0.2, 0.25) is 0 Å². The first kappa shape index (κ1) is 15.8. The van der Waals surface area contributed by atoms with Gasteiger partial charge in [-0.3, -0.25) is 10.1 Å². The SMILES string of the molecule is CCCNC(=O)NC(=O)CN(C)c1cccc2ccccc12. The van der Waals surface area contributed by atoms with Crippen LogP contribution in [0.1, 0.15) is 13.3 Å². The number of urea groups is 1. The highest BCUT2D eigenvalue weighted by Gasteiger charge is 2.12. The number of nitrogens with one attached hydrogen (secondary N) is 2. The summed E-state index contributed by atoms with van der Waals surface area (Å²) in [5.41, 5.74) is 0.960. The van der Waals surface area contributed by atoms with E-state index in [0.29, 0.717) is 6.54 Å². The van der Waals surface area contributed by atoms with Gasteiger partial charge in [0.05, 0.1) is 6.54 Å². The molecular weight excluding hydrogens is 278 g/mol. The Morgan fingerprint density at radius 1 is 1.09 bits per heavy atom. The largest absolute Gasteiger partial charge is 0.365 e. The van der Waals surface area contributed by atoms with Crippen LogP contribution in [0.5, 0.6) is 0 Å². The highest BCUT2D eigenvalue weighted by atomic mass is 16.2. The number of rotatable bonds is 5. The molecule has 0 heterocycles. The predicted molar refractivity (Wildman–Crippen MR) is 89.1 cm³/mol. The highest BCUT2D eigenvalue weighted by molar-refractivity contribution is 5.99. The number of anilines is 1. The average Bonchev–Trinajstić information content (AvgIpc) is 2.52. The molecule has 0 aliphatic rings. The van der Waals surface area contributed by atoms with Gasteiger partial charge < -0.3 is 10.2 Å². The molecule has 3 amide bonds. The number of benzene rings is 2. The summed E-state index contributed by atoms with van der Waals surface area (Å²) in [6, 6.07) is 13.5. The van der Waals surface area contributed by atoms with E-state index in [2.05, 4.69) is 10.6 Å². The molecule has 0 saturated carbocycles. The van der Waals surface area contributed by atoms with Crippen LogP contribution in [0.25, 0.3) is 10.8 Å². The van der Waals surface area contributed by atoms with E-state index in [-0.39, 0.29) is 12.5 Å². The van der Waals surface area contributed by atoms with Crippen molar-refractivity contribution >= 4 is 28.4 Å². The number of hydrogen-bond acceptors (Lipinski definition) is 3. The van der Waals surface area contributed by atoms with E-state index in [4.69, 9.17) is 0 Å². The normalized spacial score (nSPS) is 10.3. The number of amides is 3. The van der Waals surface area contributed by atoms with Crippen molar-refractivity contribution in [3.8, 4) is 0 Å². The fraction of sp³-hybridized carbons (Fsp3) is 0.294. The highest BCUT2D eigenvalue weighted by Crippen LogP contribution is 2.25. The maximum absolute atomic E-state index is 11.9. The van der Waals surface area contributed by atoms with E-state index in [0.717, 1.165) is 22.9 Å². The van der Waals surface area contributed by atoms with Crippen LogP contribution < -0.4 is 15.5 Å². The molecule has 116 valence electrons. The molecule has 0 aliphatic heterocycles.